The van der Waals surface area contributed by atoms with Gasteiger partial charge in [-0.15, -0.1) is 0 Å². The van der Waals surface area contributed by atoms with Crippen molar-refractivity contribution in [3.05, 3.63) is 53.2 Å². The first-order valence-corrected chi connectivity index (χ1v) is 11.0. The van der Waals surface area contributed by atoms with Gasteiger partial charge in [0.1, 0.15) is 17.4 Å². The molecule has 0 spiro atoms. The maximum Gasteiger partial charge on any atom is 0.324 e. The average Bonchev–Trinajstić information content (AvgIpc) is 3.00. The molecule has 1 aliphatic carbocycles. The minimum absolute atomic E-state index is 0.185. The number of hydrogen-bond donors (Lipinski definition) is 2. The van der Waals surface area contributed by atoms with Gasteiger partial charge in [-0.05, 0) is 61.6 Å². The van der Waals surface area contributed by atoms with Crippen LogP contribution in [0.3, 0.4) is 0 Å². The van der Waals surface area contributed by atoms with E-state index < -0.39 is 0 Å². The Morgan fingerprint density at radius 2 is 2.06 bits per heavy atom. The van der Waals surface area contributed by atoms with Crippen LogP contribution in [-0.2, 0) is 6.42 Å². The first-order valence-electron chi connectivity index (χ1n) is 11.0. The summed E-state index contributed by atoms with van der Waals surface area (Å²) in [5, 5.41) is 3.12. The number of nitrogens with one attached hydrogen (secondary N) is 1. The fourth-order valence-electron chi connectivity index (χ4n) is 4.54. The van der Waals surface area contributed by atoms with Crippen molar-refractivity contribution in [1.82, 2.24) is 15.0 Å². The van der Waals surface area contributed by atoms with Crippen LogP contribution < -0.4 is 20.7 Å². The minimum atomic E-state index is -0.282. The highest BCUT2D eigenvalue weighted by atomic mass is 19.1. The second-order valence-corrected chi connectivity index (χ2v) is 8.47. The molecule has 0 amide bonds. The SMILES string of the molecule is CNc1cc(F)cc2c1Cc1nc(Oc3ccc(C)nc3)nc(N3CCCC(N)CC3)c1-2. The Morgan fingerprint density at radius 3 is 2.84 bits per heavy atom. The van der Waals surface area contributed by atoms with Gasteiger partial charge in [-0.3, -0.25) is 4.98 Å². The summed E-state index contributed by atoms with van der Waals surface area (Å²) < 4.78 is 20.4. The number of rotatable bonds is 4. The van der Waals surface area contributed by atoms with Crippen LogP contribution in [-0.4, -0.2) is 41.1 Å². The number of fused-ring (bicyclic) bond motifs is 3. The van der Waals surface area contributed by atoms with Crippen molar-refractivity contribution in [2.45, 2.75) is 38.6 Å². The van der Waals surface area contributed by atoms with Gasteiger partial charge in [-0.1, -0.05) is 0 Å². The van der Waals surface area contributed by atoms with Crippen LogP contribution in [0.25, 0.3) is 11.1 Å². The number of nitrogens with zero attached hydrogens (tertiary/aromatic N) is 4. The minimum Gasteiger partial charge on any atom is -0.423 e. The third-order valence-electron chi connectivity index (χ3n) is 6.21. The number of benzene rings is 1. The van der Waals surface area contributed by atoms with Gasteiger partial charge in [0, 0.05) is 49.5 Å². The molecule has 8 heteroatoms. The molecule has 1 saturated heterocycles. The molecular formula is C24H27FN6O. The van der Waals surface area contributed by atoms with Crippen molar-refractivity contribution >= 4 is 11.5 Å². The lowest BCUT2D eigenvalue weighted by molar-refractivity contribution is 0.438. The van der Waals surface area contributed by atoms with E-state index in [0.29, 0.717) is 12.2 Å². The molecule has 1 aromatic carbocycles. The van der Waals surface area contributed by atoms with Gasteiger partial charge in [0.05, 0.1) is 11.9 Å². The normalized spacial score (nSPS) is 17.5. The lowest BCUT2D eigenvalue weighted by Gasteiger charge is -2.24. The number of ether oxygens (including phenoxy) is 1. The number of nitrogens with two attached hydrogens (primary N) is 1. The van der Waals surface area contributed by atoms with Gasteiger partial charge in [0.2, 0.25) is 0 Å². The van der Waals surface area contributed by atoms with Gasteiger partial charge in [-0.2, -0.15) is 9.97 Å². The third-order valence-corrected chi connectivity index (χ3v) is 6.21. The Labute approximate surface area is 186 Å². The van der Waals surface area contributed by atoms with Crippen LogP contribution in [0, 0.1) is 12.7 Å². The van der Waals surface area contributed by atoms with Gasteiger partial charge < -0.3 is 20.7 Å². The van der Waals surface area contributed by atoms with Crippen molar-refractivity contribution in [2.75, 3.05) is 30.4 Å². The third kappa shape index (κ3) is 3.86. The molecule has 1 aliphatic heterocycles. The molecule has 0 saturated carbocycles. The van der Waals surface area contributed by atoms with E-state index in [4.69, 9.17) is 20.4 Å². The summed E-state index contributed by atoms with van der Waals surface area (Å²) in [6.45, 7) is 3.55. The summed E-state index contributed by atoms with van der Waals surface area (Å²) in [4.78, 5) is 16.1. The smallest absolute Gasteiger partial charge is 0.324 e. The molecule has 1 fully saturated rings. The molecule has 1 unspecified atom stereocenters. The highest BCUT2D eigenvalue weighted by Crippen LogP contribution is 2.45. The van der Waals surface area contributed by atoms with E-state index in [9.17, 15) is 4.39 Å². The van der Waals surface area contributed by atoms with E-state index in [1.807, 2.05) is 19.1 Å². The summed E-state index contributed by atoms with van der Waals surface area (Å²) >= 11 is 0. The second kappa shape index (κ2) is 8.35. The predicted octanol–water partition coefficient (Wildman–Crippen LogP) is 4.04. The molecule has 1 atom stereocenters. The van der Waals surface area contributed by atoms with Gasteiger partial charge in [0.25, 0.3) is 0 Å². The fraction of sp³-hybridized carbons (Fsp3) is 0.375. The van der Waals surface area contributed by atoms with Crippen molar-refractivity contribution in [3.8, 4) is 22.9 Å². The van der Waals surface area contributed by atoms with E-state index in [2.05, 4.69) is 15.2 Å². The topological polar surface area (TPSA) is 89.2 Å². The maximum absolute atomic E-state index is 14.5. The van der Waals surface area contributed by atoms with Crippen LogP contribution in [0.5, 0.6) is 11.8 Å². The molecule has 3 heterocycles. The van der Waals surface area contributed by atoms with E-state index in [1.54, 1.807) is 19.3 Å². The average molecular weight is 435 g/mol. The number of hydrogen-bond acceptors (Lipinski definition) is 7. The van der Waals surface area contributed by atoms with Crippen molar-refractivity contribution in [2.24, 2.45) is 5.73 Å². The first-order chi connectivity index (χ1) is 15.5. The number of halogens is 1. The van der Waals surface area contributed by atoms with Crippen LogP contribution in [0.4, 0.5) is 15.9 Å². The highest BCUT2D eigenvalue weighted by molar-refractivity contribution is 5.88. The molecule has 3 aromatic rings. The summed E-state index contributed by atoms with van der Waals surface area (Å²) in [6, 6.07) is 7.31. The molecule has 3 N–H and O–H groups in total. The van der Waals surface area contributed by atoms with Gasteiger partial charge >= 0.3 is 6.01 Å². The van der Waals surface area contributed by atoms with E-state index in [0.717, 1.165) is 71.9 Å². The molecule has 0 bridgehead atoms. The predicted molar refractivity (Wildman–Crippen MR) is 123 cm³/mol. The summed E-state index contributed by atoms with van der Waals surface area (Å²) in [5.41, 5.74) is 11.5. The number of pyridine rings is 1. The van der Waals surface area contributed by atoms with Gasteiger partial charge in [0.15, 0.2) is 0 Å². The summed E-state index contributed by atoms with van der Waals surface area (Å²) in [6.07, 6.45) is 5.11. The van der Waals surface area contributed by atoms with E-state index >= 15 is 0 Å². The van der Waals surface area contributed by atoms with Crippen molar-refractivity contribution in [3.63, 3.8) is 0 Å². The Balaban J connectivity index is 1.62. The molecule has 0 radical (unpaired) electrons. The zero-order valence-electron chi connectivity index (χ0n) is 18.4. The van der Waals surface area contributed by atoms with Crippen molar-refractivity contribution < 1.29 is 9.13 Å². The maximum atomic E-state index is 14.5. The van der Waals surface area contributed by atoms with Crippen LogP contribution in [0.2, 0.25) is 0 Å². The zero-order chi connectivity index (χ0) is 22.2. The largest absolute Gasteiger partial charge is 0.423 e. The second-order valence-electron chi connectivity index (χ2n) is 8.47. The summed E-state index contributed by atoms with van der Waals surface area (Å²) in [7, 11) is 1.81. The first kappa shape index (κ1) is 20.6. The number of anilines is 2. The Morgan fingerprint density at radius 1 is 1.19 bits per heavy atom. The number of aromatic nitrogens is 3. The monoisotopic (exact) mass is 434 g/mol. The van der Waals surface area contributed by atoms with Gasteiger partial charge in [-0.25, -0.2) is 4.39 Å². The van der Waals surface area contributed by atoms with Crippen LogP contribution in [0.1, 0.15) is 36.2 Å². The molecular weight excluding hydrogens is 407 g/mol. The van der Waals surface area contributed by atoms with E-state index in [1.165, 1.54) is 6.07 Å². The Bertz CT molecular complexity index is 1150. The Kier molecular flexibility index (Phi) is 5.38. The molecule has 166 valence electrons. The fourth-order valence-corrected chi connectivity index (χ4v) is 4.54. The Hall–Kier alpha value is -3.26. The molecule has 2 aliphatic rings. The lowest BCUT2D eigenvalue weighted by atomic mass is 10.0. The molecule has 2 aromatic heterocycles. The van der Waals surface area contributed by atoms with Crippen LogP contribution >= 0.6 is 0 Å². The zero-order valence-corrected chi connectivity index (χ0v) is 18.4. The van der Waals surface area contributed by atoms with Crippen molar-refractivity contribution in [1.29, 1.82) is 0 Å². The van der Waals surface area contributed by atoms with Crippen LogP contribution in [0.15, 0.2) is 30.5 Å². The number of aryl methyl sites for hydroxylation is 1. The lowest BCUT2D eigenvalue weighted by Crippen LogP contribution is -2.28. The molecule has 7 nitrogen and oxygen atoms in total. The highest BCUT2D eigenvalue weighted by Gasteiger charge is 2.31. The van der Waals surface area contributed by atoms with E-state index in [-0.39, 0.29) is 17.9 Å². The molecule has 32 heavy (non-hydrogen) atoms. The summed E-state index contributed by atoms with van der Waals surface area (Å²) in [5.74, 6) is 1.08. The molecule has 5 rings (SSSR count). The quantitative estimate of drug-likeness (QED) is 0.501. The standard InChI is InChI=1S/C24H27FN6O/c1-14-5-6-17(13-28-14)32-24-29-21-12-18-19(10-15(25)11-20(18)27-2)22(21)23(30-24)31-8-3-4-16(26)7-9-31/h5-6,10-11,13,16,27H,3-4,7-9,12,26H2,1-2H3.